The van der Waals surface area contributed by atoms with Crippen LogP contribution < -0.4 is 4.90 Å². The molecule has 0 saturated heterocycles. The lowest BCUT2D eigenvalue weighted by atomic mass is 10.2. The Morgan fingerprint density at radius 3 is 2.64 bits per heavy atom. The minimum Gasteiger partial charge on any atom is -0.464 e. The number of benzene rings is 1. The number of hydrogen-bond acceptors (Lipinski definition) is 5. The Morgan fingerprint density at radius 2 is 2.05 bits per heavy atom. The lowest BCUT2D eigenvalue weighted by Crippen LogP contribution is -2.45. The van der Waals surface area contributed by atoms with Crippen LogP contribution in [0.5, 0.6) is 0 Å². The van der Waals surface area contributed by atoms with Gasteiger partial charge in [-0.05, 0) is 32.0 Å². The van der Waals surface area contributed by atoms with Crippen molar-refractivity contribution in [2.24, 2.45) is 0 Å². The minimum atomic E-state index is -0.833. The Morgan fingerprint density at radius 1 is 1.36 bits per heavy atom. The van der Waals surface area contributed by atoms with Gasteiger partial charge < -0.3 is 8.92 Å². The highest BCUT2D eigenvalue weighted by Gasteiger charge is 2.30. The topological polar surface area (TPSA) is 55.8 Å². The van der Waals surface area contributed by atoms with Crippen molar-refractivity contribution < 1.29 is 18.5 Å². The molecule has 0 aliphatic carbocycles. The van der Waals surface area contributed by atoms with Crippen LogP contribution in [-0.4, -0.2) is 37.4 Å². The summed E-state index contributed by atoms with van der Waals surface area (Å²) in [6.45, 7) is 3.50. The fraction of sp³-hybridized carbons (Fsp3) is 0.429. The lowest BCUT2D eigenvalue weighted by Gasteiger charge is -2.28. The van der Waals surface area contributed by atoms with E-state index in [9.17, 15) is 9.59 Å². The molecule has 8 heteroatoms. The van der Waals surface area contributed by atoms with Crippen LogP contribution in [0.15, 0.2) is 18.2 Å². The van der Waals surface area contributed by atoms with Crippen LogP contribution in [0.4, 0.5) is 5.69 Å². The van der Waals surface area contributed by atoms with Crippen molar-refractivity contribution in [3.8, 4) is 0 Å². The quantitative estimate of drug-likeness (QED) is 0.546. The number of ether oxygens (including phenoxy) is 1. The van der Waals surface area contributed by atoms with E-state index in [-0.39, 0.29) is 18.3 Å². The van der Waals surface area contributed by atoms with Crippen LogP contribution in [0.1, 0.15) is 13.8 Å². The first-order chi connectivity index (χ1) is 10.4. The van der Waals surface area contributed by atoms with Gasteiger partial charge in [-0.2, -0.15) is 0 Å². The second-order valence-electron chi connectivity index (χ2n) is 4.22. The number of anilines is 1. The highest BCUT2D eigenvalue weighted by Crippen LogP contribution is 2.31. The van der Waals surface area contributed by atoms with Crippen molar-refractivity contribution in [2.45, 2.75) is 19.9 Å². The molecule has 1 aromatic rings. The maximum Gasteiger partial charge on any atom is 0.328 e. The first-order valence-electron chi connectivity index (χ1n) is 6.51. The highest BCUT2D eigenvalue weighted by atomic mass is 35.5. The van der Waals surface area contributed by atoms with Gasteiger partial charge in [-0.3, -0.25) is 9.69 Å². The third kappa shape index (κ3) is 5.05. The average molecular weight is 366 g/mol. The van der Waals surface area contributed by atoms with Crippen LogP contribution in [0.25, 0.3) is 0 Å². The molecule has 0 N–H and O–H groups in total. The molecule has 5 nitrogen and oxygen atoms in total. The van der Waals surface area contributed by atoms with Gasteiger partial charge in [0.2, 0.25) is 5.91 Å². The van der Waals surface area contributed by atoms with E-state index >= 15 is 0 Å². The number of nitrogens with zero attached hydrogens (tertiary/aromatic N) is 1. The van der Waals surface area contributed by atoms with E-state index in [1.807, 2.05) is 0 Å². The Hall–Kier alpha value is -0.950. The summed E-state index contributed by atoms with van der Waals surface area (Å²) in [6.07, 6.45) is 0. The van der Waals surface area contributed by atoms with Crippen LogP contribution in [0, 0.1) is 0 Å². The fourth-order valence-electron chi connectivity index (χ4n) is 1.78. The summed E-state index contributed by atoms with van der Waals surface area (Å²) in [7, 11) is 1.46. The van der Waals surface area contributed by atoms with Crippen LogP contribution >= 0.6 is 35.2 Å². The summed E-state index contributed by atoms with van der Waals surface area (Å²) in [5, 5.41) is 0.726. The van der Waals surface area contributed by atoms with Crippen LogP contribution in [0.2, 0.25) is 10.0 Å². The van der Waals surface area contributed by atoms with Crippen molar-refractivity contribution in [3.63, 3.8) is 0 Å². The number of carbonyl (C=O) groups is 2. The molecule has 0 fully saturated rings. The Kier molecular flexibility index (Phi) is 8.03. The Labute approximate surface area is 144 Å². The number of amides is 1. The minimum absolute atomic E-state index is 0.0308. The SMILES string of the molecule is CCOC(=O)C(C)N(C(=O)CSOC)c1cc(Cl)ccc1Cl. The predicted molar refractivity (Wildman–Crippen MR) is 89.5 cm³/mol. The lowest BCUT2D eigenvalue weighted by molar-refractivity contribution is -0.145. The summed E-state index contributed by atoms with van der Waals surface area (Å²) in [6, 6.07) is 3.88. The highest BCUT2D eigenvalue weighted by molar-refractivity contribution is 7.95. The van der Waals surface area contributed by atoms with Crippen molar-refractivity contribution in [1.29, 1.82) is 0 Å². The third-order valence-electron chi connectivity index (χ3n) is 2.75. The molecule has 1 amide bonds. The van der Waals surface area contributed by atoms with Crippen molar-refractivity contribution in [2.75, 3.05) is 24.4 Å². The van der Waals surface area contributed by atoms with E-state index in [0.29, 0.717) is 15.7 Å². The summed E-state index contributed by atoms with van der Waals surface area (Å²) in [4.78, 5) is 25.7. The fourth-order valence-corrected chi connectivity index (χ4v) is 2.51. The molecule has 0 saturated carbocycles. The van der Waals surface area contributed by atoms with Gasteiger partial charge in [-0.1, -0.05) is 23.2 Å². The van der Waals surface area contributed by atoms with E-state index in [2.05, 4.69) is 0 Å². The molecule has 122 valence electrons. The number of halogens is 2. The van der Waals surface area contributed by atoms with E-state index in [4.69, 9.17) is 32.1 Å². The summed E-state index contributed by atoms with van der Waals surface area (Å²) >= 11 is 13.1. The smallest absolute Gasteiger partial charge is 0.328 e. The standard InChI is InChI=1S/C14H17Cl2NO4S/c1-4-21-14(19)9(2)17(13(18)8-22-20-3)12-7-10(15)5-6-11(12)16/h5-7,9H,4,8H2,1-3H3. The molecule has 0 heterocycles. The van der Waals surface area contributed by atoms with Gasteiger partial charge in [0.15, 0.2) is 0 Å². The number of carbonyl (C=O) groups excluding carboxylic acids is 2. The molecular formula is C14H17Cl2NO4S. The molecule has 1 atom stereocenters. The van der Waals surface area contributed by atoms with Gasteiger partial charge in [-0.15, -0.1) is 0 Å². The van der Waals surface area contributed by atoms with E-state index in [0.717, 1.165) is 12.0 Å². The van der Waals surface area contributed by atoms with Crippen molar-refractivity contribution in [1.82, 2.24) is 0 Å². The molecule has 22 heavy (non-hydrogen) atoms. The number of rotatable bonds is 7. The first-order valence-corrected chi connectivity index (χ1v) is 8.18. The molecule has 0 aromatic heterocycles. The second-order valence-corrected chi connectivity index (χ2v) is 5.92. The molecule has 0 radical (unpaired) electrons. The number of esters is 1. The molecule has 1 unspecified atom stereocenters. The largest absolute Gasteiger partial charge is 0.464 e. The summed E-state index contributed by atoms with van der Waals surface area (Å²) in [5.74, 6) is -0.825. The third-order valence-corrected chi connectivity index (χ3v) is 3.91. The molecule has 0 aliphatic rings. The zero-order valence-electron chi connectivity index (χ0n) is 12.5. The van der Waals surface area contributed by atoms with Gasteiger partial charge in [0.05, 0.1) is 30.2 Å². The zero-order valence-corrected chi connectivity index (χ0v) is 14.8. The first kappa shape index (κ1) is 19.1. The molecule has 0 aliphatic heterocycles. The molecule has 0 spiro atoms. The van der Waals surface area contributed by atoms with Crippen LogP contribution in [-0.2, 0) is 18.5 Å². The van der Waals surface area contributed by atoms with Gasteiger partial charge in [0.25, 0.3) is 0 Å². The second kappa shape index (κ2) is 9.25. The maximum absolute atomic E-state index is 12.4. The van der Waals surface area contributed by atoms with E-state index in [1.54, 1.807) is 26.0 Å². The van der Waals surface area contributed by atoms with E-state index in [1.165, 1.54) is 18.1 Å². The summed E-state index contributed by atoms with van der Waals surface area (Å²) < 4.78 is 9.82. The van der Waals surface area contributed by atoms with E-state index < -0.39 is 12.0 Å². The molecular weight excluding hydrogens is 349 g/mol. The van der Waals surface area contributed by atoms with Crippen molar-refractivity contribution in [3.05, 3.63) is 28.2 Å². The summed E-state index contributed by atoms with van der Waals surface area (Å²) in [5.41, 5.74) is 0.358. The zero-order chi connectivity index (χ0) is 16.7. The number of hydrogen-bond donors (Lipinski definition) is 0. The van der Waals surface area contributed by atoms with Gasteiger partial charge in [-0.25, -0.2) is 4.79 Å². The predicted octanol–water partition coefficient (Wildman–Crippen LogP) is 3.57. The van der Waals surface area contributed by atoms with Gasteiger partial charge in [0, 0.05) is 17.1 Å². The maximum atomic E-state index is 12.4. The van der Waals surface area contributed by atoms with Crippen molar-refractivity contribution >= 4 is 52.8 Å². The monoisotopic (exact) mass is 365 g/mol. The van der Waals surface area contributed by atoms with Crippen LogP contribution in [0.3, 0.4) is 0 Å². The average Bonchev–Trinajstić information content (AvgIpc) is 2.49. The normalized spacial score (nSPS) is 11.9. The molecule has 0 bridgehead atoms. The Balaban J connectivity index is 3.18. The van der Waals surface area contributed by atoms with Gasteiger partial charge >= 0.3 is 5.97 Å². The Bertz CT molecular complexity index is 542. The molecule has 1 aromatic carbocycles. The van der Waals surface area contributed by atoms with Gasteiger partial charge in [0.1, 0.15) is 6.04 Å². The molecule has 1 rings (SSSR count).